The summed E-state index contributed by atoms with van der Waals surface area (Å²) in [6.45, 7) is -0.154. The molecule has 0 aromatic heterocycles. The smallest absolute Gasteiger partial charge is 0.255 e. The van der Waals surface area contributed by atoms with Crippen molar-refractivity contribution >= 4 is 23.6 Å². The predicted octanol–water partition coefficient (Wildman–Crippen LogP) is 2.69. The Morgan fingerprint density at radius 3 is 2.60 bits per heavy atom. The fourth-order valence-corrected chi connectivity index (χ4v) is 2.84. The summed E-state index contributed by atoms with van der Waals surface area (Å²) in [6.07, 6.45) is 6.61. The van der Waals surface area contributed by atoms with Crippen molar-refractivity contribution in [3.05, 3.63) is 65.2 Å². The lowest BCUT2D eigenvalue weighted by Crippen LogP contribution is -2.19. The second-order valence-corrected chi connectivity index (χ2v) is 5.98. The van der Waals surface area contributed by atoms with Crippen LogP contribution in [0.4, 0.5) is 5.69 Å². The van der Waals surface area contributed by atoms with Gasteiger partial charge in [0.2, 0.25) is 5.91 Å². The molecule has 25 heavy (non-hydrogen) atoms. The van der Waals surface area contributed by atoms with Crippen molar-refractivity contribution in [1.82, 2.24) is 0 Å². The molecule has 0 spiro atoms. The number of carbonyl (C=O) groups excluding carboxylic acids is 2. The molecule has 1 aliphatic rings. The van der Waals surface area contributed by atoms with E-state index >= 15 is 0 Å². The largest absolute Gasteiger partial charge is 0.484 e. The molecule has 2 aromatic rings. The Balaban J connectivity index is 1.56. The number of hydrogen-bond donors (Lipinski definition) is 2. The summed E-state index contributed by atoms with van der Waals surface area (Å²) in [5.41, 5.74) is 9.42. The second kappa shape index (κ2) is 7.66. The molecule has 3 rings (SSSR count). The predicted molar refractivity (Wildman–Crippen MR) is 97.3 cm³/mol. The Labute approximate surface area is 146 Å². The molecule has 2 amide bonds. The van der Waals surface area contributed by atoms with Crippen LogP contribution in [-0.4, -0.2) is 18.4 Å². The van der Waals surface area contributed by atoms with E-state index in [-0.39, 0.29) is 12.5 Å². The van der Waals surface area contributed by atoms with E-state index in [9.17, 15) is 9.59 Å². The highest BCUT2D eigenvalue weighted by Crippen LogP contribution is 2.24. The van der Waals surface area contributed by atoms with E-state index in [1.807, 2.05) is 6.07 Å². The Morgan fingerprint density at radius 1 is 1.08 bits per heavy atom. The molecule has 0 heterocycles. The third-order valence-electron chi connectivity index (χ3n) is 4.05. The average Bonchev–Trinajstić information content (AvgIpc) is 3.07. The molecule has 0 saturated heterocycles. The van der Waals surface area contributed by atoms with Gasteiger partial charge in [0.1, 0.15) is 5.75 Å². The Morgan fingerprint density at radius 2 is 1.84 bits per heavy atom. The van der Waals surface area contributed by atoms with E-state index in [4.69, 9.17) is 10.5 Å². The van der Waals surface area contributed by atoms with Gasteiger partial charge < -0.3 is 15.8 Å². The highest BCUT2D eigenvalue weighted by molar-refractivity contribution is 6.02. The summed E-state index contributed by atoms with van der Waals surface area (Å²) in [6, 6.07) is 13.1. The highest BCUT2D eigenvalue weighted by Gasteiger charge is 2.11. The Kier molecular flexibility index (Phi) is 5.14. The fraction of sp³-hybridized carbons (Fsp3) is 0.200. The molecule has 2 aromatic carbocycles. The molecule has 3 N–H and O–H groups in total. The highest BCUT2D eigenvalue weighted by atomic mass is 16.5. The van der Waals surface area contributed by atoms with Gasteiger partial charge in [-0.2, -0.15) is 0 Å². The van der Waals surface area contributed by atoms with Gasteiger partial charge in [0.05, 0.1) is 0 Å². The third-order valence-corrected chi connectivity index (χ3v) is 4.05. The van der Waals surface area contributed by atoms with E-state index < -0.39 is 5.91 Å². The van der Waals surface area contributed by atoms with Crippen LogP contribution in [0.2, 0.25) is 0 Å². The molecule has 1 aliphatic carbocycles. The molecular formula is C20H20N2O3. The summed E-state index contributed by atoms with van der Waals surface area (Å²) in [7, 11) is 0. The number of nitrogens with two attached hydrogens (primary N) is 1. The van der Waals surface area contributed by atoms with Crippen LogP contribution in [0.25, 0.3) is 6.08 Å². The van der Waals surface area contributed by atoms with Crippen molar-refractivity contribution < 1.29 is 14.3 Å². The average molecular weight is 336 g/mol. The van der Waals surface area contributed by atoms with Crippen molar-refractivity contribution in [3.63, 3.8) is 0 Å². The summed E-state index contributed by atoms with van der Waals surface area (Å²) >= 11 is 0. The SMILES string of the molecule is NC(=O)COc1ccc(/C=C/C(=O)Nc2ccc3c(c2)CCC3)cc1. The lowest BCUT2D eigenvalue weighted by molar-refractivity contribution is -0.120. The van der Waals surface area contributed by atoms with Crippen LogP contribution in [0.1, 0.15) is 23.1 Å². The molecule has 0 fully saturated rings. The summed E-state index contributed by atoms with van der Waals surface area (Å²) in [5, 5.41) is 2.88. The van der Waals surface area contributed by atoms with Gasteiger partial charge in [-0.15, -0.1) is 0 Å². The normalized spacial score (nSPS) is 12.8. The quantitative estimate of drug-likeness (QED) is 0.796. The lowest BCUT2D eigenvalue weighted by Gasteiger charge is -2.05. The minimum absolute atomic E-state index is 0.154. The van der Waals surface area contributed by atoms with Crippen molar-refractivity contribution in [1.29, 1.82) is 0 Å². The molecular weight excluding hydrogens is 316 g/mol. The van der Waals surface area contributed by atoms with Crippen LogP contribution >= 0.6 is 0 Å². The van der Waals surface area contributed by atoms with Gasteiger partial charge >= 0.3 is 0 Å². The number of aryl methyl sites for hydroxylation is 2. The van der Waals surface area contributed by atoms with Crippen molar-refractivity contribution in [2.45, 2.75) is 19.3 Å². The number of amides is 2. The molecule has 0 atom stereocenters. The minimum atomic E-state index is -0.521. The number of primary amides is 1. The number of nitrogens with one attached hydrogen (secondary N) is 1. The van der Waals surface area contributed by atoms with E-state index in [1.165, 1.54) is 23.6 Å². The maximum Gasteiger partial charge on any atom is 0.255 e. The van der Waals surface area contributed by atoms with Crippen LogP contribution < -0.4 is 15.8 Å². The van der Waals surface area contributed by atoms with Gasteiger partial charge in [0.15, 0.2) is 6.61 Å². The van der Waals surface area contributed by atoms with E-state index in [2.05, 4.69) is 17.4 Å². The molecule has 0 unspecified atom stereocenters. The number of rotatable bonds is 6. The minimum Gasteiger partial charge on any atom is -0.484 e. The molecule has 5 heteroatoms. The fourth-order valence-electron chi connectivity index (χ4n) is 2.84. The monoisotopic (exact) mass is 336 g/mol. The maximum absolute atomic E-state index is 12.1. The molecule has 0 saturated carbocycles. The molecule has 5 nitrogen and oxygen atoms in total. The summed E-state index contributed by atoms with van der Waals surface area (Å²) < 4.78 is 5.19. The Hall–Kier alpha value is -3.08. The molecule has 0 radical (unpaired) electrons. The summed E-state index contributed by atoms with van der Waals surface area (Å²) in [5.74, 6) is -0.141. The van der Waals surface area contributed by atoms with Gasteiger partial charge in [0.25, 0.3) is 5.91 Å². The third kappa shape index (κ3) is 4.70. The van der Waals surface area contributed by atoms with Crippen LogP contribution in [0.5, 0.6) is 5.75 Å². The zero-order valence-corrected chi connectivity index (χ0v) is 13.8. The number of anilines is 1. The first-order chi connectivity index (χ1) is 12.1. The van der Waals surface area contributed by atoms with E-state index in [1.54, 1.807) is 30.3 Å². The number of carbonyl (C=O) groups is 2. The maximum atomic E-state index is 12.1. The first kappa shape index (κ1) is 16.8. The number of hydrogen-bond acceptors (Lipinski definition) is 3. The van der Waals surface area contributed by atoms with Gasteiger partial charge in [-0.1, -0.05) is 18.2 Å². The van der Waals surface area contributed by atoms with Crippen molar-refractivity contribution in [2.75, 3.05) is 11.9 Å². The first-order valence-electron chi connectivity index (χ1n) is 8.22. The van der Waals surface area contributed by atoms with E-state index in [0.717, 1.165) is 24.1 Å². The lowest BCUT2D eigenvalue weighted by atomic mass is 10.1. The molecule has 128 valence electrons. The summed E-state index contributed by atoms with van der Waals surface area (Å²) in [4.78, 5) is 22.7. The van der Waals surface area contributed by atoms with E-state index in [0.29, 0.717) is 5.75 Å². The number of ether oxygens (including phenoxy) is 1. The van der Waals surface area contributed by atoms with Crippen LogP contribution in [-0.2, 0) is 22.4 Å². The van der Waals surface area contributed by atoms with Gasteiger partial charge in [0, 0.05) is 11.8 Å². The van der Waals surface area contributed by atoms with Crippen molar-refractivity contribution in [3.8, 4) is 5.75 Å². The Bertz CT molecular complexity index is 810. The second-order valence-electron chi connectivity index (χ2n) is 5.98. The zero-order valence-electron chi connectivity index (χ0n) is 13.8. The zero-order chi connectivity index (χ0) is 17.6. The van der Waals surface area contributed by atoms with Crippen LogP contribution in [0, 0.1) is 0 Å². The van der Waals surface area contributed by atoms with Crippen molar-refractivity contribution in [2.24, 2.45) is 5.73 Å². The van der Waals surface area contributed by atoms with Gasteiger partial charge in [-0.05, 0) is 66.3 Å². The first-order valence-corrected chi connectivity index (χ1v) is 8.22. The van der Waals surface area contributed by atoms with Crippen LogP contribution in [0.3, 0.4) is 0 Å². The topological polar surface area (TPSA) is 81.4 Å². The van der Waals surface area contributed by atoms with Crippen LogP contribution in [0.15, 0.2) is 48.5 Å². The number of benzene rings is 2. The molecule has 0 bridgehead atoms. The number of fused-ring (bicyclic) bond motifs is 1. The van der Waals surface area contributed by atoms with Gasteiger partial charge in [-0.3, -0.25) is 9.59 Å². The standard InChI is InChI=1S/C20H20N2O3/c21-19(23)13-25-18-9-4-14(5-10-18)6-11-20(24)22-17-8-7-15-2-1-3-16(15)12-17/h4-12H,1-3,13H2,(H2,21,23)(H,22,24)/b11-6+. The molecule has 0 aliphatic heterocycles. The van der Waals surface area contributed by atoms with Gasteiger partial charge in [-0.25, -0.2) is 0 Å².